The van der Waals surface area contributed by atoms with Gasteiger partial charge >= 0.3 is 0 Å². The van der Waals surface area contributed by atoms with E-state index in [0.717, 1.165) is 27.6 Å². The maximum Gasteiger partial charge on any atom is 0.145 e. The van der Waals surface area contributed by atoms with E-state index >= 15 is 0 Å². The fourth-order valence-electron chi connectivity index (χ4n) is 4.09. The lowest BCUT2D eigenvalue weighted by atomic mass is 9.82. The molecule has 0 aliphatic heterocycles. The molecular weight excluding hydrogens is 372 g/mol. The van der Waals surface area contributed by atoms with Crippen molar-refractivity contribution in [3.05, 3.63) is 78.9 Å². The SMILES string of the molecule is CC(C)(C)c1cc(-c2ncncc2-c2c(O)ccc3ccoc23)cc2ccccc12. The highest BCUT2D eigenvalue weighted by molar-refractivity contribution is 6.00. The molecule has 3 aromatic carbocycles. The Balaban J connectivity index is 1.83. The molecule has 5 aromatic rings. The molecule has 0 atom stereocenters. The van der Waals surface area contributed by atoms with E-state index in [2.05, 4.69) is 67.1 Å². The summed E-state index contributed by atoms with van der Waals surface area (Å²) in [6.45, 7) is 6.65. The average molecular weight is 394 g/mol. The molecule has 1 N–H and O–H groups in total. The van der Waals surface area contributed by atoms with Crippen molar-refractivity contribution >= 4 is 21.7 Å². The Morgan fingerprint density at radius 1 is 0.933 bits per heavy atom. The zero-order chi connectivity index (χ0) is 20.9. The smallest absolute Gasteiger partial charge is 0.145 e. The van der Waals surface area contributed by atoms with Crippen LogP contribution in [0.3, 0.4) is 0 Å². The summed E-state index contributed by atoms with van der Waals surface area (Å²) in [5.41, 5.74) is 4.94. The molecule has 0 fully saturated rings. The molecule has 0 spiro atoms. The third kappa shape index (κ3) is 2.92. The molecule has 4 nitrogen and oxygen atoms in total. The van der Waals surface area contributed by atoms with Crippen LogP contribution in [0.2, 0.25) is 0 Å². The lowest BCUT2D eigenvalue weighted by Crippen LogP contribution is -2.12. The van der Waals surface area contributed by atoms with E-state index < -0.39 is 0 Å². The second kappa shape index (κ2) is 6.70. The van der Waals surface area contributed by atoms with Gasteiger partial charge < -0.3 is 9.52 Å². The van der Waals surface area contributed by atoms with Crippen LogP contribution in [0.4, 0.5) is 0 Å². The molecular formula is C26H22N2O2. The molecule has 2 heterocycles. The molecule has 0 radical (unpaired) electrons. The van der Waals surface area contributed by atoms with Crippen LogP contribution in [0.5, 0.6) is 5.75 Å². The first kappa shape index (κ1) is 18.4. The van der Waals surface area contributed by atoms with E-state index in [0.29, 0.717) is 11.1 Å². The highest BCUT2D eigenvalue weighted by Gasteiger charge is 2.22. The summed E-state index contributed by atoms with van der Waals surface area (Å²) in [5, 5.41) is 14.0. The Morgan fingerprint density at radius 2 is 1.77 bits per heavy atom. The van der Waals surface area contributed by atoms with Crippen LogP contribution in [0, 0.1) is 0 Å². The predicted molar refractivity (Wildman–Crippen MR) is 121 cm³/mol. The standard InChI is InChI=1S/C26H22N2O2/c1-26(2,3)21-13-18(12-17-6-4-5-7-19(17)21)24-20(14-27-15-28-24)23-22(29)9-8-16-10-11-30-25(16)23/h4-15,29H,1-3H3. The van der Waals surface area contributed by atoms with E-state index in [1.165, 1.54) is 10.9 Å². The highest BCUT2D eigenvalue weighted by atomic mass is 16.3. The van der Waals surface area contributed by atoms with Gasteiger partial charge in [0, 0.05) is 22.7 Å². The first-order chi connectivity index (χ1) is 14.4. The topological polar surface area (TPSA) is 59.2 Å². The van der Waals surface area contributed by atoms with Crippen molar-refractivity contribution < 1.29 is 9.52 Å². The van der Waals surface area contributed by atoms with Gasteiger partial charge in [0.15, 0.2) is 0 Å². The summed E-state index contributed by atoms with van der Waals surface area (Å²) in [6, 6.07) is 18.2. The molecule has 5 rings (SSSR count). The van der Waals surface area contributed by atoms with Crippen LogP contribution in [0.1, 0.15) is 26.3 Å². The summed E-state index contributed by atoms with van der Waals surface area (Å²) in [5.74, 6) is 0.144. The molecule has 0 amide bonds. The summed E-state index contributed by atoms with van der Waals surface area (Å²) < 4.78 is 5.71. The van der Waals surface area contributed by atoms with Gasteiger partial charge in [0.2, 0.25) is 0 Å². The molecule has 0 saturated carbocycles. The van der Waals surface area contributed by atoms with Crippen LogP contribution in [-0.4, -0.2) is 15.1 Å². The van der Waals surface area contributed by atoms with E-state index in [1.54, 1.807) is 24.9 Å². The summed E-state index contributed by atoms with van der Waals surface area (Å²) in [4.78, 5) is 8.87. The van der Waals surface area contributed by atoms with Gasteiger partial charge in [0.25, 0.3) is 0 Å². The number of hydrogen-bond acceptors (Lipinski definition) is 4. The van der Waals surface area contributed by atoms with Gasteiger partial charge in [-0.05, 0) is 52.1 Å². The minimum Gasteiger partial charge on any atom is -0.507 e. The second-order valence-corrected chi connectivity index (χ2v) is 8.58. The quantitative estimate of drug-likeness (QED) is 0.361. The summed E-state index contributed by atoms with van der Waals surface area (Å²) in [7, 11) is 0. The van der Waals surface area contributed by atoms with Crippen molar-refractivity contribution in [2.45, 2.75) is 26.2 Å². The summed E-state index contributed by atoms with van der Waals surface area (Å²) >= 11 is 0. The number of phenols is 1. The van der Waals surface area contributed by atoms with Gasteiger partial charge in [-0.1, -0.05) is 45.0 Å². The van der Waals surface area contributed by atoms with Crippen LogP contribution >= 0.6 is 0 Å². The number of phenolic OH excluding ortho intramolecular Hbond substituents is 1. The molecule has 2 aromatic heterocycles. The molecule has 0 unspecified atom stereocenters. The predicted octanol–water partition coefficient (Wildman–Crippen LogP) is 6.71. The number of aromatic nitrogens is 2. The Bertz CT molecular complexity index is 1390. The molecule has 148 valence electrons. The first-order valence-corrected chi connectivity index (χ1v) is 9.97. The Kier molecular flexibility index (Phi) is 4.10. The maximum atomic E-state index is 10.7. The van der Waals surface area contributed by atoms with Gasteiger partial charge in [-0.3, -0.25) is 0 Å². The van der Waals surface area contributed by atoms with Gasteiger partial charge in [0.1, 0.15) is 17.7 Å². The third-order valence-electron chi connectivity index (χ3n) is 5.52. The lowest BCUT2D eigenvalue weighted by Gasteiger charge is -2.23. The van der Waals surface area contributed by atoms with Crippen molar-refractivity contribution in [1.29, 1.82) is 0 Å². The number of furan rings is 1. The van der Waals surface area contributed by atoms with Crippen LogP contribution in [0.25, 0.3) is 44.1 Å². The van der Waals surface area contributed by atoms with Crippen LogP contribution in [0.15, 0.2) is 77.8 Å². The fraction of sp³-hybridized carbons (Fsp3) is 0.154. The average Bonchev–Trinajstić information content (AvgIpc) is 3.21. The van der Waals surface area contributed by atoms with Crippen LogP contribution in [-0.2, 0) is 5.41 Å². The number of nitrogens with zero attached hydrogens (tertiary/aromatic N) is 2. The van der Waals surface area contributed by atoms with Crippen molar-refractivity contribution in [2.24, 2.45) is 0 Å². The molecule has 0 saturated heterocycles. The molecule has 0 aliphatic rings. The molecule has 0 aliphatic carbocycles. The Morgan fingerprint density at radius 3 is 2.60 bits per heavy atom. The molecule has 0 bridgehead atoms. The number of fused-ring (bicyclic) bond motifs is 2. The Labute approximate surface area is 174 Å². The van der Waals surface area contributed by atoms with Gasteiger partial charge in [-0.25, -0.2) is 9.97 Å². The monoisotopic (exact) mass is 394 g/mol. The third-order valence-corrected chi connectivity index (χ3v) is 5.52. The molecule has 30 heavy (non-hydrogen) atoms. The fourth-order valence-corrected chi connectivity index (χ4v) is 4.09. The minimum atomic E-state index is -0.0357. The maximum absolute atomic E-state index is 10.7. The zero-order valence-corrected chi connectivity index (χ0v) is 17.2. The zero-order valence-electron chi connectivity index (χ0n) is 17.2. The molecule has 4 heteroatoms. The number of aromatic hydroxyl groups is 1. The Hall–Kier alpha value is -3.66. The van der Waals surface area contributed by atoms with Crippen molar-refractivity contribution in [3.8, 4) is 28.1 Å². The van der Waals surface area contributed by atoms with E-state index in [9.17, 15) is 5.11 Å². The minimum absolute atomic E-state index is 0.0357. The van der Waals surface area contributed by atoms with Crippen molar-refractivity contribution in [1.82, 2.24) is 9.97 Å². The van der Waals surface area contributed by atoms with Crippen molar-refractivity contribution in [3.63, 3.8) is 0 Å². The van der Waals surface area contributed by atoms with Gasteiger partial charge in [-0.2, -0.15) is 0 Å². The van der Waals surface area contributed by atoms with E-state index in [4.69, 9.17) is 4.42 Å². The van der Waals surface area contributed by atoms with Gasteiger partial charge in [-0.15, -0.1) is 0 Å². The van der Waals surface area contributed by atoms with Gasteiger partial charge in [0.05, 0.1) is 17.5 Å². The lowest BCUT2D eigenvalue weighted by molar-refractivity contribution is 0.476. The number of benzene rings is 3. The number of hydrogen-bond donors (Lipinski definition) is 1. The first-order valence-electron chi connectivity index (χ1n) is 9.97. The number of rotatable bonds is 2. The highest BCUT2D eigenvalue weighted by Crippen LogP contribution is 2.42. The van der Waals surface area contributed by atoms with Crippen molar-refractivity contribution in [2.75, 3.05) is 0 Å². The van der Waals surface area contributed by atoms with Crippen LogP contribution < -0.4 is 0 Å². The second-order valence-electron chi connectivity index (χ2n) is 8.58. The largest absolute Gasteiger partial charge is 0.507 e. The summed E-state index contributed by atoms with van der Waals surface area (Å²) in [6.07, 6.45) is 4.92. The van der Waals surface area contributed by atoms with E-state index in [-0.39, 0.29) is 11.2 Å². The van der Waals surface area contributed by atoms with E-state index in [1.807, 2.05) is 12.1 Å². The normalized spacial score (nSPS) is 12.0.